The molecule has 1 heterocycles. The van der Waals surface area contributed by atoms with E-state index in [4.69, 9.17) is 0 Å². The zero-order chi connectivity index (χ0) is 11.8. The topological polar surface area (TPSA) is 15.3 Å². The monoisotopic (exact) mass is 236 g/mol. The van der Waals surface area contributed by atoms with E-state index in [-0.39, 0.29) is 0 Å². The lowest BCUT2D eigenvalue weighted by atomic mass is 9.93. The van der Waals surface area contributed by atoms with Crippen LogP contribution in [-0.4, -0.2) is 36.1 Å². The van der Waals surface area contributed by atoms with Gasteiger partial charge in [-0.15, -0.1) is 0 Å². The maximum Gasteiger partial charge on any atom is 0.0101 e. The van der Waals surface area contributed by atoms with Crippen LogP contribution in [0.5, 0.6) is 0 Å². The van der Waals surface area contributed by atoms with Crippen LogP contribution in [0.1, 0.15) is 52.4 Å². The quantitative estimate of drug-likeness (QED) is 0.810. The molecular formula is C15H28N2. The highest BCUT2D eigenvalue weighted by Crippen LogP contribution is 2.44. The molecule has 17 heavy (non-hydrogen) atoms. The second-order valence-electron chi connectivity index (χ2n) is 6.85. The van der Waals surface area contributed by atoms with Gasteiger partial charge in [-0.3, -0.25) is 0 Å². The molecule has 3 aliphatic rings. The summed E-state index contributed by atoms with van der Waals surface area (Å²) >= 11 is 0. The van der Waals surface area contributed by atoms with Crippen molar-refractivity contribution in [1.29, 1.82) is 0 Å². The summed E-state index contributed by atoms with van der Waals surface area (Å²) in [5, 5.41) is 3.98. The molecular weight excluding hydrogens is 208 g/mol. The number of hydrogen-bond acceptors (Lipinski definition) is 2. The molecule has 3 rings (SSSR count). The Balaban J connectivity index is 1.45. The summed E-state index contributed by atoms with van der Waals surface area (Å²) < 4.78 is 0. The van der Waals surface area contributed by atoms with Crippen LogP contribution in [0.25, 0.3) is 0 Å². The van der Waals surface area contributed by atoms with Gasteiger partial charge in [0, 0.05) is 18.1 Å². The predicted molar refractivity (Wildman–Crippen MR) is 72.1 cm³/mol. The molecule has 2 bridgehead atoms. The van der Waals surface area contributed by atoms with Crippen LogP contribution in [0, 0.1) is 11.8 Å². The molecule has 2 saturated carbocycles. The van der Waals surface area contributed by atoms with Gasteiger partial charge in [0.15, 0.2) is 0 Å². The number of rotatable bonds is 3. The fourth-order valence-corrected chi connectivity index (χ4v) is 4.33. The third kappa shape index (κ3) is 2.53. The highest BCUT2D eigenvalue weighted by molar-refractivity contribution is 4.96. The lowest BCUT2D eigenvalue weighted by Gasteiger charge is -2.37. The van der Waals surface area contributed by atoms with Crippen molar-refractivity contribution < 1.29 is 0 Å². The van der Waals surface area contributed by atoms with Crippen molar-refractivity contribution in [1.82, 2.24) is 10.2 Å². The van der Waals surface area contributed by atoms with E-state index in [1.807, 2.05) is 0 Å². The molecule has 1 saturated heterocycles. The molecule has 2 nitrogen and oxygen atoms in total. The van der Waals surface area contributed by atoms with E-state index in [1.165, 1.54) is 51.6 Å². The number of hydrogen-bond donors (Lipinski definition) is 1. The Morgan fingerprint density at radius 2 is 1.76 bits per heavy atom. The van der Waals surface area contributed by atoms with Gasteiger partial charge in [0.1, 0.15) is 0 Å². The zero-order valence-corrected chi connectivity index (χ0v) is 11.5. The second kappa shape index (κ2) is 4.89. The van der Waals surface area contributed by atoms with E-state index in [9.17, 15) is 0 Å². The van der Waals surface area contributed by atoms with Crippen LogP contribution >= 0.6 is 0 Å². The van der Waals surface area contributed by atoms with Gasteiger partial charge in [0.25, 0.3) is 0 Å². The molecule has 1 aliphatic heterocycles. The van der Waals surface area contributed by atoms with Crippen LogP contribution in [0.2, 0.25) is 0 Å². The molecule has 0 amide bonds. The number of likely N-dealkylation sites (tertiary alicyclic amines) is 1. The van der Waals surface area contributed by atoms with E-state index in [0.29, 0.717) is 0 Å². The van der Waals surface area contributed by atoms with E-state index < -0.39 is 0 Å². The van der Waals surface area contributed by atoms with Crippen molar-refractivity contribution in [3.05, 3.63) is 0 Å². The maximum absolute atomic E-state index is 3.98. The summed E-state index contributed by atoms with van der Waals surface area (Å²) in [5.74, 6) is 2.11. The highest BCUT2D eigenvalue weighted by Gasteiger charge is 2.40. The summed E-state index contributed by atoms with van der Waals surface area (Å²) in [6.45, 7) is 7.25. The first-order chi connectivity index (χ1) is 8.22. The molecule has 3 atom stereocenters. The van der Waals surface area contributed by atoms with Crippen molar-refractivity contribution in [2.45, 2.75) is 70.5 Å². The minimum absolute atomic E-state index is 0.735. The van der Waals surface area contributed by atoms with Gasteiger partial charge in [-0.05, 0) is 70.9 Å². The molecule has 3 fully saturated rings. The highest BCUT2D eigenvalue weighted by atomic mass is 15.2. The fourth-order valence-electron chi connectivity index (χ4n) is 4.33. The van der Waals surface area contributed by atoms with Gasteiger partial charge in [-0.2, -0.15) is 0 Å². The first-order valence-electron chi connectivity index (χ1n) is 7.72. The van der Waals surface area contributed by atoms with Gasteiger partial charge in [-0.25, -0.2) is 0 Å². The molecule has 0 radical (unpaired) electrons. The van der Waals surface area contributed by atoms with Crippen molar-refractivity contribution in [2.24, 2.45) is 11.8 Å². The largest absolute Gasteiger partial charge is 0.311 e. The van der Waals surface area contributed by atoms with Crippen molar-refractivity contribution in [3.63, 3.8) is 0 Å². The molecule has 98 valence electrons. The van der Waals surface area contributed by atoms with E-state index in [2.05, 4.69) is 24.1 Å². The van der Waals surface area contributed by atoms with Crippen LogP contribution in [0.15, 0.2) is 0 Å². The van der Waals surface area contributed by atoms with Crippen LogP contribution in [-0.2, 0) is 0 Å². The average Bonchev–Trinajstić information content (AvgIpc) is 2.91. The molecule has 0 aromatic rings. The maximum atomic E-state index is 3.98. The first-order valence-corrected chi connectivity index (χ1v) is 7.72. The lowest BCUT2D eigenvalue weighted by Crippen LogP contribution is -2.49. The van der Waals surface area contributed by atoms with E-state index in [1.54, 1.807) is 0 Å². The average molecular weight is 236 g/mol. The molecule has 0 aromatic heterocycles. The van der Waals surface area contributed by atoms with Gasteiger partial charge < -0.3 is 10.2 Å². The Hall–Kier alpha value is -0.0800. The minimum Gasteiger partial charge on any atom is -0.311 e. The predicted octanol–water partition coefficient (Wildman–Crippen LogP) is 2.64. The normalized spacial score (nSPS) is 39.4. The number of nitrogens with one attached hydrogen (secondary N) is 1. The summed E-state index contributed by atoms with van der Waals surface area (Å²) in [6, 6.07) is 2.43. The fraction of sp³-hybridized carbons (Fsp3) is 1.00. The smallest absolute Gasteiger partial charge is 0.0101 e. The van der Waals surface area contributed by atoms with Gasteiger partial charge in [-0.1, -0.05) is 6.42 Å². The number of fused-ring (bicyclic) bond motifs is 2. The van der Waals surface area contributed by atoms with E-state index in [0.717, 1.165) is 30.0 Å². The molecule has 2 heteroatoms. The number of piperidine rings is 1. The van der Waals surface area contributed by atoms with E-state index >= 15 is 0 Å². The zero-order valence-electron chi connectivity index (χ0n) is 11.5. The molecule has 3 unspecified atom stereocenters. The summed E-state index contributed by atoms with van der Waals surface area (Å²) in [7, 11) is 0. The van der Waals surface area contributed by atoms with Gasteiger partial charge in [0.05, 0.1) is 0 Å². The SMILES string of the molecule is CC(C)N1CCC(NC2CC3CCC2C3)CC1. The Kier molecular flexibility index (Phi) is 3.45. The molecule has 1 N–H and O–H groups in total. The molecule has 2 aliphatic carbocycles. The van der Waals surface area contributed by atoms with Crippen LogP contribution in [0.3, 0.4) is 0 Å². The standard InChI is InChI=1S/C15H28N2/c1-11(2)17-7-5-14(6-8-17)16-15-10-12-3-4-13(15)9-12/h11-16H,3-10H2,1-2H3. The Bertz CT molecular complexity index is 256. The van der Waals surface area contributed by atoms with Crippen molar-refractivity contribution in [3.8, 4) is 0 Å². The third-order valence-corrected chi connectivity index (χ3v) is 5.45. The summed E-state index contributed by atoms with van der Waals surface area (Å²) in [4.78, 5) is 2.62. The van der Waals surface area contributed by atoms with Gasteiger partial charge in [0.2, 0.25) is 0 Å². The summed E-state index contributed by atoms with van der Waals surface area (Å²) in [6.07, 6.45) is 8.78. The molecule has 0 aromatic carbocycles. The van der Waals surface area contributed by atoms with Crippen molar-refractivity contribution in [2.75, 3.05) is 13.1 Å². The summed E-state index contributed by atoms with van der Waals surface area (Å²) in [5.41, 5.74) is 0. The first kappa shape index (κ1) is 12.0. The van der Waals surface area contributed by atoms with Gasteiger partial charge >= 0.3 is 0 Å². The second-order valence-corrected chi connectivity index (χ2v) is 6.85. The van der Waals surface area contributed by atoms with Crippen molar-refractivity contribution >= 4 is 0 Å². The third-order valence-electron chi connectivity index (χ3n) is 5.45. The Morgan fingerprint density at radius 3 is 2.29 bits per heavy atom. The van der Waals surface area contributed by atoms with Crippen LogP contribution in [0.4, 0.5) is 0 Å². The Labute approximate surface area is 106 Å². The Morgan fingerprint density at radius 1 is 1.00 bits per heavy atom. The number of nitrogens with zero attached hydrogens (tertiary/aromatic N) is 1. The lowest BCUT2D eigenvalue weighted by molar-refractivity contribution is 0.150. The molecule has 0 spiro atoms. The van der Waals surface area contributed by atoms with Crippen LogP contribution < -0.4 is 5.32 Å². The minimum atomic E-state index is 0.735.